The van der Waals surface area contributed by atoms with Gasteiger partial charge >= 0.3 is 17.9 Å². The van der Waals surface area contributed by atoms with Gasteiger partial charge in [0.1, 0.15) is 13.2 Å². The maximum absolute atomic E-state index is 12.7. The molecular formula is C50H94O6. The summed E-state index contributed by atoms with van der Waals surface area (Å²) in [5.41, 5.74) is 0. The summed E-state index contributed by atoms with van der Waals surface area (Å²) in [6.07, 6.45) is 49.2. The van der Waals surface area contributed by atoms with Gasteiger partial charge < -0.3 is 14.2 Å². The second kappa shape index (κ2) is 45.8. The number of carbonyl (C=O) groups is 3. The van der Waals surface area contributed by atoms with Crippen molar-refractivity contribution in [2.75, 3.05) is 13.2 Å². The number of hydrogen-bond donors (Lipinski definition) is 0. The predicted molar refractivity (Wildman–Crippen MR) is 238 cm³/mol. The Morgan fingerprint density at radius 3 is 0.964 bits per heavy atom. The van der Waals surface area contributed by atoms with Gasteiger partial charge in [-0.15, -0.1) is 0 Å². The fraction of sp³-hybridized carbons (Fsp3) is 0.900. The van der Waals surface area contributed by atoms with Gasteiger partial charge in [0.15, 0.2) is 6.10 Å². The predicted octanol–water partition coefficient (Wildman–Crippen LogP) is 15.8. The fourth-order valence-electron chi connectivity index (χ4n) is 7.27. The fourth-order valence-corrected chi connectivity index (χ4v) is 7.27. The minimum atomic E-state index is -0.772. The van der Waals surface area contributed by atoms with Gasteiger partial charge in [-0.05, 0) is 38.5 Å². The Balaban J connectivity index is 4.30. The minimum absolute atomic E-state index is 0.0733. The van der Waals surface area contributed by atoms with Crippen LogP contribution in [0.25, 0.3) is 0 Å². The van der Waals surface area contributed by atoms with Gasteiger partial charge in [0, 0.05) is 19.3 Å². The lowest BCUT2D eigenvalue weighted by molar-refractivity contribution is -0.167. The molecule has 1 unspecified atom stereocenters. The van der Waals surface area contributed by atoms with Crippen LogP contribution >= 0.6 is 0 Å². The second-order valence-corrected chi connectivity index (χ2v) is 16.7. The van der Waals surface area contributed by atoms with Crippen LogP contribution < -0.4 is 0 Å². The quantitative estimate of drug-likeness (QED) is 0.0264. The molecule has 0 aromatic carbocycles. The highest BCUT2D eigenvalue weighted by atomic mass is 16.6. The molecule has 0 amide bonds. The summed E-state index contributed by atoms with van der Waals surface area (Å²) in [6, 6.07) is 0. The third kappa shape index (κ3) is 43.3. The van der Waals surface area contributed by atoms with Crippen LogP contribution in [-0.2, 0) is 28.6 Å². The first-order valence-electron chi connectivity index (χ1n) is 24.7. The molecule has 0 bridgehead atoms. The van der Waals surface area contributed by atoms with E-state index in [1.807, 2.05) is 0 Å². The van der Waals surface area contributed by atoms with Crippen LogP contribution in [0.2, 0.25) is 0 Å². The lowest BCUT2D eigenvalue weighted by Gasteiger charge is -2.18. The van der Waals surface area contributed by atoms with Gasteiger partial charge in [0.25, 0.3) is 0 Å². The molecule has 0 rings (SSSR count). The van der Waals surface area contributed by atoms with Crippen LogP contribution in [0, 0.1) is 0 Å². The van der Waals surface area contributed by atoms with Crippen LogP contribution in [0.15, 0.2) is 12.2 Å². The van der Waals surface area contributed by atoms with Crippen molar-refractivity contribution in [3.05, 3.63) is 12.2 Å². The van der Waals surface area contributed by atoms with Gasteiger partial charge in [-0.2, -0.15) is 0 Å². The van der Waals surface area contributed by atoms with Crippen molar-refractivity contribution in [2.24, 2.45) is 0 Å². The molecule has 0 N–H and O–H groups in total. The smallest absolute Gasteiger partial charge is 0.306 e. The molecule has 0 aromatic heterocycles. The van der Waals surface area contributed by atoms with E-state index in [1.165, 1.54) is 173 Å². The van der Waals surface area contributed by atoms with E-state index in [-0.39, 0.29) is 31.1 Å². The third-order valence-corrected chi connectivity index (χ3v) is 11.0. The Kier molecular flexibility index (Phi) is 44.3. The average Bonchev–Trinajstić information content (AvgIpc) is 3.19. The van der Waals surface area contributed by atoms with E-state index in [0.29, 0.717) is 19.3 Å². The monoisotopic (exact) mass is 791 g/mol. The van der Waals surface area contributed by atoms with Crippen molar-refractivity contribution in [1.29, 1.82) is 0 Å². The van der Waals surface area contributed by atoms with Gasteiger partial charge in [0.2, 0.25) is 0 Å². The molecule has 0 radical (unpaired) electrons. The number of hydrogen-bond acceptors (Lipinski definition) is 6. The minimum Gasteiger partial charge on any atom is -0.462 e. The normalized spacial score (nSPS) is 12.0. The largest absolute Gasteiger partial charge is 0.462 e. The molecule has 0 aromatic rings. The molecule has 56 heavy (non-hydrogen) atoms. The SMILES string of the molecule is CCCCCC/C=C\CCCC(=O)OCC(COC(=O)CCCCCCCCCCCCCCCCC)OC(=O)CCCCCCCCCCCCCCCC. The Hall–Kier alpha value is -1.85. The summed E-state index contributed by atoms with van der Waals surface area (Å²) in [6.45, 7) is 6.61. The van der Waals surface area contributed by atoms with Gasteiger partial charge in [0.05, 0.1) is 0 Å². The zero-order chi connectivity index (χ0) is 40.8. The van der Waals surface area contributed by atoms with E-state index >= 15 is 0 Å². The molecule has 0 fully saturated rings. The van der Waals surface area contributed by atoms with E-state index in [9.17, 15) is 14.4 Å². The topological polar surface area (TPSA) is 78.9 Å². The second-order valence-electron chi connectivity index (χ2n) is 16.7. The van der Waals surface area contributed by atoms with Gasteiger partial charge in [-0.25, -0.2) is 0 Å². The molecule has 0 aliphatic rings. The van der Waals surface area contributed by atoms with Crippen molar-refractivity contribution in [3.8, 4) is 0 Å². The van der Waals surface area contributed by atoms with Crippen molar-refractivity contribution in [1.82, 2.24) is 0 Å². The molecule has 0 spiro atoms. The highest BCUT2D eigenvalue weighted by molar-refractivity contribution is 5.71. The Labute approximate surface area is 348 Å². The summed E-state index contributed by atoms with van der Waals surface area (Å²) < 4.78 is 16.7. The van der Waals surface area contributed by atoms with E-state index in [0.717, 1.165) is 57.8 Å². The number of ether oxygens (including phenoxy) is 3. The summed E-state index contributed by atoms with van der Waals surface area (Å²) >= 11 is 0. The Morgan fingerprint density at radius 1 is 0.339 bits per heavy atom. The zero-order valence-corrected chi connectivity index (χ0v) is 37.7. The summed E-state index contributed by atoms with van der Waals surface area (Å²) in [5, 5.41) is 0. The maximum atomic E-state index is 12.7. The first kappa shape index (κ1) is 54.2. The molecule has 1 atom stereocenters. The number of esters is 3. The van der Waals surface area contributed by atoms with Crippen LogP contribution in [0.3, 0.4) is 0 Å². The van der Waals surface area contributed by atoms with Crippen LogP contribution in [-0.4, -0.2) is 37.2 Å². The van der Waals surface area contributed by atoms with Crippen molar-refractivity contribution in [2.45, 2.75) is 277 Å². The Morgan fingerprint density at radius 2 is 0.607 bits per heavy atom. The van der Waals surface area contributed by atoms with Crippen molar-refractivity contribution >= 4 is 17.9 Å². The van der Waals surface area contributed by atoms with Crippen LogP contribution in [0.4, 0.5) is 0 Å². The number of unbranched alkanes of at least 4 members (excludes halogenated alkanes) is 32. The van der Waals surface area contributed by atoms with Crippen LogP contribution in [0.5, 0.6) is 0 Å². The first-order chi connectivity index (χ1) is 27.5. The molecule has 330 valence electrons. The van der Waals surface area contributed by atoms with Crippen molar-refractivity contribution < 1.29 is 28.6 Å². The van der Waals surface area contributed by atoms with Crippen molar-refractivity contribution in [3.63, 3.8) is 0 Å². The Bertz CT molecular complexity index is 870. The number of allylic oxidation sites excluding steroid dienone is 2. The molecule has 0 saturated heterocycles. The lowest BCUT2D eigenvalue weighted by atomic mass is 10.0. The molecule has 0 heterocycles. The summed E-state index contributed by atoms with van der Waals surface area (Å²) in [5.74, 6) is -0.897. The van der Waals surface area contributed by atoms with E-state index < -0.39 is 6.10 Å². The van der Waals surface area contributed by atoms with E-state index in [1.54, 1.807) is 0 Å². The van der Waals surface area contributed by atoms with E-state index in [4.69, 9.17) is 14.2 Å². The van der Waals surface area contributed by atoms with Crippen LogP contribution in [0.1, 0.15) is 271 Å². The van der Waals surface area contributed by atoms with E-state index in [2.05, 4.69) is 32.9 Å². The highest BCUT2D eigenvalue weighted by Gasteiger charge is 2.19. The molecule has 6 nitrogen and oxygen atoms in total. The summed E-state index contributed by atoms with van der Waals surface area (Å²) in [4.78, 5) is 37.8. The molecule has 0 aliphatic heterocycles. The lowest BCUT2D eigenvalue weighted by Crippen LogP contribution is -2.30. The third-order valence-electron chi connectivity index (χ3n) is 11.0. The summed E-state index contributed by atoms with van der Waals surface area (Å²) in [7, 11) is 0. The maximum Gasteiger partial charge on any atom is 0.306 e. The highest BCUT2D eigenvalue weighted by Crippen LogP contribution is 2.16. The molecule has 6 heteroatoms. The van der Waals surface area contributed by atoms with Gasteiger partial charge in [-0.3, -0.25) is 14.4 Å². The number of carbonyl (C=O) groups excluding carboxylic acids is 3. The average molecular weight is 791 g/mol. The number of rotatable bonds is 45. The first-order valence-corrected chi connectivity index (χ1v) is 24.7. The van der Waals surface area contributed by atoms with Gasteiger partial charge in [-0.1, -0.05) is 226 Å². The molecular weight excluding hydrogens is 697 g/mol. The molecule has 0 saturated carbocycles. The zero-order valence-electron chi connectivity index (χ0n) is 37.7. The standard InChI is InChI=1S/C50H94O6/c1-4-7-10-13-16-19-21-23-25-27-28-31-34-37-40-43-49(52)55-46-47(45-54-48(51)42-39-36-33-30-18-15-12-9-6-3)56-50(53)44-41-38-35-32-29-26-24-22-20-17-14-11-8-5-2/h30,33,47H,4-29,31-32,34-46H2,1-3H3/b33-30-. The molecule has 0 aliphatic carbocycles.